The molecule has 1 heterocycles. The zero-order valence-corrected chi connectivity index (χ0v) is 14.5. The van der Waals surface area contributed by atoms with Crippen LogP contribution in [-0.2, 0) is 6.42 Å². The number of carbonyl (C=O) groups excluding carboxylic acids is 1. The number of nitrogens with one attached hydrogen (secondary N) is 2. The molecular weight excluding hydrogens is 334 g/mol. The van der Waals surface area contributed by atoms with Crippen LogP contribution in [0.5, 0.6) is 11.5 Å². The van der Waals surface area contributed by atoms with E-state index in [0.29, 0.717) is 46.8 Å². The zero-order valence-electron chi connectivity index (χ0n) is 14.5. The van der Waals surface area contributed by atoms with Gasteiger partial charge in [-0.15, -0.1) is 0 Å². The number of fused-ring (bicyclic) bond motifs is 1. The van der Waals surface area contributed by atoms with Crippen LogP contribution in [0.2, 0.25) is 0 Å². The van der Waals surface area contributed by atoms with E-state index in [2.05, 4.69) is 15.3 Å². The summed E-state index contributed by atoms with van der Waals surface area (Å²) in [7, 11) is 3.05. The lowest BCUT2D eigenvalue weighted by Gasteiger charge is -2.10. The highest BCUT2D eigenvalue weighted by atomic mass is 16.5. The normalized spacial score (nSPS) is 10.5. The van der Waals surface area contributed by atoms with Crippen LogP contribution in [0, 0.1) is 0 Å². The quantitative estimate of drug-likeness (QED) is 0.706. The van der Waals surface area contributed by atoms with Gasteiger partial charge in [0.05, 0.1) is 25.1 Å². The third kappa shape index (κ3) is 3.66. The van der Waals surface area contributed by atoms with Gasteiger partial charge in [0.2, 0.25) is 0 Å². The van der Waals surface area contributed by atoms with Crippen LogP contribution in [-0.4, -0.2) is 36.6 Å². The largest absolute Gasteiger partial charge is 0.493 e. The molecule has 0 fully saturated rings. The number of amides is 1. The Kier molecular flexibility index (Phi) is 5.17. The molecule has 2 N–H and O–H groups in total. The molecule has 0 bridgehead atoms. The molecule has 0 unspecified atom stereocenters. The van der Waals surface area contributed by atoms with Gasteiger partial charge in [0.25, 0.3) is 11.5 Å². The number of nitrogens with zero attached hydrogens (tertiary/aromatic N) is 1. The second kappa shape index (κ2) is 7.69. The molecule has 3 aromatic rings. The van der Waals surface area contributed by atoms with Crippen molar-refractivity contribution in [3.05, 3.63) is 64.2 Å². The predicted molar refractivity (Wildman–Crippen MR) is 97.9 cm³/mol. The lowest BCUT2D eigenvalue weighted by atomic mass is 10.2. The van der Waals surface area contributed by atoms with Crippen LogP contribution in [0.1, 0.15) is 16.2 Å². The summed E-state index contributed by atoms with van der Waals surface area (Å²) in [5.41, 5.74) is 0.914. The molecule has 0 spiro atoms. The van der Waals surface area contributed by atoms with Gasteiger partial charge in [-0.3, -0.25) is 9.59 Å². The number of hydrogen-bond acceptors (Lipinski definition) is 5. The fourth-order valence-electron chi connectivity index (χ4n) is 2.63. The summed E-state index contributed by atoms with van der Waals surface area (Å²) in [6.07, 6.45) is 0.416. The lowest BCUT2D eigenvalue weighted by molar-refractivity contribution is 0.0953. The smallest absolute Gasteiger partial charge is 0.258 e. The monoisotopic (exact) mass is 353 g/mol. The number of methoxy groups -OCH3 is 2. The first-order chi connectivity index (χ1) is 12.6. The van der Waals surface area contributed by atoms with Crippen molar-refractivity contribution >= 4 is 16.8 Å². The molecule has 0 atom stereocenters. The third-order valence-corrected chi connectivity index (χ3v) is 3.95. The third-order valence-electron chi connectivity index (χ3n) is 3.95. The predicted octanol–water partition coefficient (Wildman–Crippen LogP) is 1.91. The second-order valence-electron chi connectivity index (χ2n) is 5.61. The SMILES string of the molecule is COc1ccc(C(=O)NCCc2nc3ccccc3c(=O)[nH]2)cc1OC. The molecule has 0 saturated heterocycles. The number of carbonyl (C=O) groups is 1. The Morgan fingerprint density at radius 3 is 2.65 bits per heavy atom. The molecule has 0 aliphatic heterocycles. The molecule has 1 amide bonds. The molecule has 26 heavy (non-hydrogen) atoms. The van der Waals surface area contributed by atoms with Gasteiger partial charge in [0.1, 0.15) is 5.82 Å². The van der Waals surface area contributed by atoms with Crippen molar-refractivity contribution in [2.45, 2.75) is 6.42 Å². The minimum atomic E-state index is -0.242. The summed E-state index contributed by atoms with van der Waals surface area (Å²) in [6.45, 7) is 0.342. The number of ether oxygens (including phenoxy) is 2. The Balaban J connectivity index is 1.66. The first-order valence-electron chi connectivity index (χ1n) is 8.10. The summed E-state index contributed by atoms with van der Waals surface area (Å²) < 4.78 is 10.4. The van der Waals surface area contributed by atoms with Gasteiger partial charge in [0.15, 0.2) is 11.5 Å². The van der Waals surface area contributed by atoms with Crippen LogP contribution in [0.25, 0.3) is 10.9 Å². The Hall–Kier alpha value is -3.35. The molecule has 134 valence electrons. The fourth-order valence-corrected chi connectivity index (χ4v) is 2.63. The first kappa shape index (κ1) is 17.5. The second-order valence-corrected chi connectivity index (χ2v) is 5.61. The number of aromatic nitrogens is 2. The summed E-state index contributed by atoms with van der Waals surface area (Å²) in [5.74, 6) is 1.33. The van der Waals surface area contributed by atoms with E-state index >= 15 is 0 Å². The molecule has 0 aliphatic rings. The Morgan fingerprint density at radius 1 is 1.12 bits per heavy atom. The van der Waals surface area contributed by atoms with Gasteiger partial charge in [0, 0.05) is 18.5 Å². The van der Waals surface area contributed by atoms with Crippen LogP contribution < -0.4 is 20.3 Å². The van der Waals surface area contributed by atoms with Crippen molar-refractivity contribution in [1.29, 1.82) is 0 Å². The molecule has 7 heteroatoms. The van der Waals surface area contributed by atoms with Crippen LogP contribution in [0.15, 0.2) is 47.3 Å². The summed E-state index contributed by atoms with van der Waals surface area (Å²) in [4.78, 5) is 31.5. The number of para-hydroxylation sites is 1. The van der Waals surface area contributed by atoms with E-state index in [0.717, 1.165) is 0 Å². The van der Waals surface area contributed by atoms with Gasteiger partial charge in [-0.1, -0.05) is 12.1 Å². The summed E-state index contributed by atoms with van der Waals surface area (Å²) in [6, 6.07) is 12.1. The number of benzene rings is 2. The minimum Gasteiger partial charge on any atom is -0.493 e. The van der Waals surface area contributed by atoms with E-state index in [-0.39, 0.29) is 11.5 Å². The lowest BCUT2D eigenvalue weighted by Crippen LogP contribution is -2.26. The van der Waals surface area contributed by atoms with Gasteiger partial charge >= 0.3 is 0 Å². The maximum absolute atomic E-state index is 12.3. The van der Waals surface area contributed by atoms with Gasteiger partial charge in [-0.2, -0.15) is 0 Å². The standard InChI is InChI=1S/C19H19N3O4/c1-25-15-8-7-12(11-16(15)26-2)18(23)20-10-9-17-21-14-6-4-3-5-13(14)19(24)22-17/h3-8,11H,9-10H2,1-2H3,(H,20,23)(H,21,22,24). The molecule has 1 aromatic heterocycles. The summed E-state index contributed by atoms with van der Waals surface area (Å²) in [5, 5.41) is 3.35. The average Bonchev–Trinajstić information content (AvgIpc) is 2.67. The number of rotatable bonds is 6. The maximum Gasteiger partial charge on any atom is 0.258 e. The van der Waals surface area contributed by atoms with Gasteiger partial charge < -0.3 is 19.8 Å². The highest BCUT2D eigenvalue weighted by Crippen LogP contribution is 2.27. The van der Waals surface area contributed by atoms with Crippen molar-refractivity contribution < 1.29 is 14.3 Å². The molecule has 2 aromatic carbocycles. The number of H-pyrrole nitrogens is 1. The minimum absolute atomic E-state index is 0.184. The van der Waals surface area contributed by atoms with Crippen molar-refractivity contribution in [1.82, 2.24) is 15.3 Å². The molecule has 0 radical (unpaired) electrons. The highest BCUT2D eigenvalue weighted by molar-refractivity contribution is 5.94. The Bertz CT molecular complexity index is 997. The van der Waals surface area contributed by atoms with E-state index < -0.39 is 0 Å². The Labute approximate surface area is 150 Å². The van der Waals surface area contributed by atoms with Gasteiger partial charge in [-0.05, 0) is 30.3 Å². The molecule has 0 saturated carbocycles. The summed E-state index contributed by atoms with van der Waals surface area (Å²) >= 11 is 0. The molecule has 3 rings (SSSR count). The maximum atomic E-state index is 12.3. The first-order valence-corrected chi connectivity index (χ1v) is 8.10. The van der Waals surface area contributed by atoms with Crippen LogP contribution >= 0.6 is 0 Å². The van der Waals surface area contributed by atoms with E-state index in [1.165, 1.54) is 14.2 Å². The van der Waals surface area contributed by atoms with Crippen molar-refractivity contribution in [2.75, 3.05) is 20.8 Å². The zero-order chi connectivity index (χ0) is 18.5. The molecular formula is C19H19N3O4. The topological polar surface area (TPSA) is 93.3 Å². The number of aromatic amines is 1. The Morgan fingerprint density at radius 2 is 1.88 bits per heavy atom. The van der Waals surface area contributed by atoms with E-state index in [4.69, 9.17) is 9.47 Å². The van der Waals surface area contributed by atoms with Crippen molar-refractivity contribution in [3.63, 3.8) is 0 Å². The van der Waals surface area contributed by atoms with E-state index in [1.54, 1.807) is 36.4 Å². The van der Waals surface area contributed by atoms with E-state index in [9.17, 15) is 9.59 Å². The van der Waals surface area contributed by atoms with Crippen LogP contribution in [0.3, 0.4) is 0 Å². The molecule has 0 aliphatic carbocycles. The molecule has 7 nitrogen and oxygen atoms in total. The van der Waals surface area contributed by atoms with Crippen LogP contribution in [0.4, 0.5) is 0 Å². The number of hydrogen-bond donors (Lipinski definition) is 2. The van der Waals surface area contributed by atoms with E-state index in [1.807, 2.05) is 6.07 Å². The fraction of sp³-hybridized carbons (Fsp3) is 0.211. The highest BCUT2D eigenvalue weighted by Gasteiger charge is 2.11. The van der Waals surface area contributed by atoms with Gasteiger partial charge in [-0.25, -0.2) is 4.98 Å². The average molecular weight is 353 g/mol. The van der Waals surface area contributed by atoms with Crippen molar-refractivity contribution in [3.8, 4) is 11.5 Å². The van der Waals surface area contributed by atoms with Crippen molar-refractivity contribution in [2.24, 2.45) is 0 Å².